The Morgan fingerprint density at radius 2 is 1.61 bits per heavy atom. The second-order valence-corrected chi connectivity index (χ2v) is 8.27. The molecule has 2 aromatic rings. The summed E-state index contributed by atoms with van der Waals surface area (Å²) in [4.78, 5) is 22.1. The maximum atomic E-state index is 13.1. The number of benzene rings is 1. The van der Waals surface area contributed by atoms with Crippen LogP contribution in [-0.4, -0.2) is 49.0 Å². The molecule has 0 bridgehead atoms. The van der Waals surface area contributed by atoms with Crippen LogP contribution in [0.1, 0.15) is 61.0 Å². The summed E-state index contributed by atoms with van der Waals surface area (Å²) < 4.78 is 0. The van der Waals surface area contributed by atoms with Crippen LogP contribution >= 0.6 is 0 Å². The van der Waals surface area contributed by atoms with Crippen LogP contribution in [0.5, 0.6) is 0 Å². The molecule has 150 valence electrons. The van der Waals surface area contributed by atoms with Crippen molar-refractivity contribution in [3.05, 3.63) is 53.2 Å². The third-order valence-electron chi connectivity index (χ3n) is 5.45. The van der Waals surface area contributed by atoms with Gasteiger partial charge in [0.25, 0.3) is 5.91 Å². The lowest BCUT2D eigenvalue weighted by Gasteiger charge is -2.33. The zero-order chi connectivity index (χ0) is 20.3. The van der Waals surface area contributed by atoms with Crippen molar-refractivity contribution >= 4 is 17.4 Å². The molecule has 0 saturated carbocycles. The standard InChI is InChI=1S/C23H32N4O/c1-16(2)19-7-6-8-20(17(3)4)22(19)25-23(28)18-9-10-24-21(15-18)27-13-11-26(5)12-14-27/h6-10,15-17H,11-14H2,1-5H3,(H,25,28). The summed E-state index contributed by atoms with van der Waals surface area (Å²) in [6.45, 7) is 12.5. The third kappa shape index (κ3) is 4.53. The van der Waals surface area contributed by atoms with Gasteiger partial charge in [0.05, 0.1) is 0 Å². The number of rotatable bonds is 5. The Bertz CT molecular complexity index is 797. The predicted molar refractivity (Wildman–Crippen MR) is 117 cm³/mol. The highest BCUT2D eigenvalue weighted by Crippen LogP contribution is 2.32. The van der Waals surface area contributed by atoms with Crippen molar-refractivity contribution in [3.63, 3.8) is 0 Å². The Morgan fingerprint density at radius 3 is 2.18 bits per heavy atom. The average Bonchev–Trinajstić information content (AvgIpc) is 2.68. The Morgan fingerprint density at radius 1 is 1.00 bits per heavy atom. The van der Waals surface area contributed by atoms with E-state index in [1.54, 1.807) is 12.3 Å². The lowest BCUT2D eigenvalue weighted by atomic mass is 9.92. The number of likely N-dealkylation sites (N-methyl/N-ethyl adjacent to an activating group) is 1. The molecule has 2 heterocycles. The van der Waals surface area contributed by atoms with E-state index in [2.05, 4.69) is 73.0 Å². The molecule has 0 aliphatic carbocycles. The molecule has 5 heteroatoms. The van der Waals surface area contributed by atoms with Crippen LogP contribution in [0.4, 0.5) is 11.5 Å². The van der Waals surface area contributed by atoms with Crippen molar-refractivity contribution in [3.8, 4) is 0 Å². The van der Waals surface area contributed by atoms with E-state index >= 15 is 0 Å². The molecule has 5 nitrogen and oxygen atoms in total. The van der Waals surface area contributed by atoms with Crippen molar-refractivity contribution in [1.82, 2.24) is 9.88 Å². The fourth-order valence-corrected chi connectivity index (χ4v) is 3.65. The van der Waals surface area contributed by atoms with E-state index in [0.717, 1.165) is 37.7 Å². The number of hydrogen-bond donors (Lipinski definition) is 1. The largest absolute Gasteiger partial charge is 0.354 e. The number of anilines is 2. The van der Waals surface area contributed by atoms with E-state index in [1.807, 2.05) is 6.07 Å². The van der Waals surface area contributed by atoms with E-state index in [9.17, 15) is 4.79 Å². The number of pyridine rings is 1. The predicted octanol–water partition coefficient (Wildman–Crippen LogP) is 4.33. The first-order chi connectivity index (χ1) is 13.4. The highest BCUT2D eigenvalue weighted by molar-refractivity contribution is 6.05. The van der Waals surface area contributed by atoms with Crippen molar-refractivity contribution in [2.24, 2.45) is 0 Å². The monoisotopic (exact) mass is 380 g/mol. The van der Waals surface area contributed by atoms with Gasteiger partial charge in [-0.2, -0.15) is 0 Å². The lowest BCUT2D eigenvalue weighted by Crippen LogP contribution is -2.44. The molecule has 0 atom stereocenters. The molecule has 0 radical (unpaired) electrons. The van der Waals surface area contributed by atoms with Gasteiger partial charge in [-0.05, 0) is 42.1 Å². The first-order valence-corrected chi connectivity index (χ1v) is 10.2. The number of carbonyl (C=O) groups is 1. The summed E-state index contributed by atoms with van der Waals surface area (Å²) in [7, 11) is 2.13. The van der Waals surface area contributed by atoms with Gasteiger partial charge in [0.1, 0.15) is 5.82 Å². The van der Waals surface area contributed by atoms with Crippen LogP contribution in [0, 0.1) is 0 Å². The van der Waals surface area contributed by atoms with Gasteiger partial charge >= 0.3 is 0 Å². The number of piperazine rings is 1. The quantitative estimate of drug-likeness (QED) is 0.839. The number of amides is 1. The number of hydrogen-bond acceptors (Lipinski definition) is 4. The fourth-order valence-electron chi connectivity index (χ4n) is 3.65. The van der Waals surface area contributed by atoms with E-state index < -0.39 is 0 Å². The first-order valence-electron chi connectivity index (χ1n) is 10.2. The van der Waals surface area contributed by atoms with Crippen molar-refractivity contribution < 1.29 is 4.79 Å². The van der Waals surface area contributed by atoms with Crippen LogP contribution < -0.4 is 10.2 Å². The minimum absolute atomic E-state index is 0.0761. The van der Waals surface area contributed by atoms with E-state index in [4.69, 9.17) is 0 Å². The Labute approximate surface area is 168 Å². The second kappa shape index (κ2) is 8.74. The number of aromatic nitrogens is 1. The minimum Gasteiger partial charge on any atom is -0.354 e. The molecule has 1 aliphatic heterocycles. The van der Waals surface area contributed by atoms with Crippen LogP contribution in [0.15, 0.2) is 36.5 Å². The Balaban J connectivity index is 1.85. The van der Waals surface area contributed by atoms with Crippen LogP contribution in [0.2, 0.25) is 0 Å². The minimum atomic E-state index is -0.0761. The van der Waals surface area contributed by atoms with Gasteiger partial charge in [0.2, 0.25) is 0 Å². The van der Waals surface area contributed by atoms with Gasteiger partial charge in [-0.25, -0.2) is 4.98 Å². The topological polar surface area (TPSA) is 48.5 Å². The molecule has 1 aliphatic rings. The zero-order valence-corrected chi connectivity index (χ0v) is 17.7. The highest BCUT2D eigenvalue weighted by Gasteiger charge is 2.19. The maximum Gasteiger partial charge on any atom is 0.255 e. The summed E-state index contributed by atoms with van der Waals surface area (Å²) >= 11 is 0. The third-order valence-corrected chi connectivity index (χ3v) is 5.45. The smallest absolute Gasteiger partial charge is 0.255 e. The van der Waals surface area contributed by atoms with E-state index in [1.165, 1.54) is 11.1 Å². The van der Waals surface area contributed by atoms with Gasteiger partial charge in [-0.15, -0.1) is 0 Å². The van der Waals surface area contributed by atoms with Crippen LogP contribution in [0.3, 0.4) is 0 Å². The molecular formula is C23H32N4O. The van der Waals surface area contributed by atoms with Crippen LogP contribution in [-0.2, 0) is 0 Å². The Hall–Kier alpha value is -2.40. The summed E-state index contributed by atoms with van der Waals surface area (Å²) in [6.07, 6.45) is 1.74. The van der Waals surface area contributed by atoms with Crippen molar-refractivity contribution in [2.45, 2.75) is 39.5 Å². The molecule has 1 amide bonds. The number of nitrogens with zero attached hydrogens (tertiary/aromatic N) is 3. The molecule has 1 aromatic carbocycles. The van der Waals surface area contributed by atoms with Gasteiger partial charge in [0, 0.05) is 43.6 Å². The summed E-state index contributed by atoms with van der Waals surface area (Å²) in [5.74, 6) is 1.48. The van der Waals surface area contributed by atoms with Gasteiger partial charge < -0.3 is 15.1 Å². The second-order valence-electron chi connectivity index (χ2n) is 8.27. The molecular weight excluding hydrogens is 348 g/mol. The number of nitrogens with one attached hydrogen (secondary N) is 1. The van der Waals surface area contributed by atoms with Crippen molar-refractivity contribution in [2.75, 3.05) is 43.4 Å². The summed E-state index contributed by atoms with van der Waals surface area (Å²) in [5.41, 5.74) is 3.95. The molecule has 1 saturated heterocycles. The SMILES string of the molecule is CC(C)c1cccc(C(C)C)c1NC(=O)c1ccnc(N2CCN(C)CC2)c1. The van der Waals surface area contributed by atoms with Gasteiger partial charge in [-0.3, -0.25) is 4.79 Å². The van der Waals surface area contributed by atoms with Gasteiger partial charge in [-0.1, -0.05) is 45.9 Å². The molecule has 28 heavy (non-hydrogen) atoms. The molecule has 0 unspecified atom stereocenters. The summed E-state index contributed by atoms with van der Waals surface area (Å²) in [5, 5.41) is 3.20. The molecule has 1 N–H and O–H groups in total. The Kier molecular flexibility index (Phi) is 6.35. The maximum absolute atomic E-state index is 13.1. The molecule has 0 spiro atoms. The van der Waals surface area contributed by atoms with Crippen molar-refractivity contribution in [1.29, 1.82) is 0 Å². The fraction of sp³-hybridized carbons (Fsp3) is 0.478. The summed E-state index contributed by atoms with van der Waals surface area (Å²) in [6, 6.07) is 10.00. The average molecular weight is 381 g/mol. The normalized spacial score (nSPS) is 15.3. The molecule has 1 fully saturated rings. The van der Waals surface area contributed by atoms with Crippen LogP contribution in [0.25, 0.3) is 0 Å². The van der Waals surface area contributed by atoms with Gasteiger partial charge in [0.15, 0.2) is 0 Å². The lowest BCUT2D eigenvalue weighted by molar-refractivity contribution is 0.102. The number of para-hydroxylation sites is 1. The first kappa shape index (κ1) is 20.3. The van der Waals surface area contributed by atoms with E-state index in [0.29, 0.717) is 17.4 Å². The number of carbonyl (C=O) groups excluding carboxylic acids is 1. The zero-order valence-electron chi connectivity index (χ0n) is 17.7. The molecule has 1 aromatic heterocycles. The van der Waals surface area contributed by atoms with E-state index in [-0.39, 0.29) is 5.91 Å². The molecule has 3 rings (SSSR count). The highest BCUT2D eigenvalue weighted by atomic mass is 16.1.